The zero-order chi connectivity index (χ0) is 13.4. The minimum atomic E-state index is -0.362. The van der Waals surface area contributed by atoms with Crippen LogP contribution in [0.5, 0.6) is 11.6 Å². The Balaban J connectivity index is 2.00. The molecule has 0 N–H and O–H groups in total. The first-order chi connectivity index (χ1) is 9.19. The molecule has 0 aliphatic carbocycles. The van der Waals surface area contributed by atoms with Crippen LogP contribution in [0.25, 0.3) is 4.96 Å². The van der Waals surface area contributed by atoms with Crippen molar-refractivity contribution >= 4 is 48.2 Å². The average molecular weight is 406 g/mol. The highest BCUT2D eigenvalue weighted by Crippen LogP contribution is 2.30. The quantitative estimate of drug-likeness (QED) is 0.574. The van der Waals surface area contributed by atoms with E-state index in [0.29, 0.717) is 21.4 Å². The summed E-state index contributed by atoms with van der Waals surface area (Å²) in [5.41, 5.74) is 0.902. The summed E-state index contributed by atoms with van der Waals surface area (Å²) in [5, 5.41) is 2.57. The number of aromatic nitrogens is 2. The number of rotatable bonds is 3. The highest BCUT2D eigenvalue weighted by Gasteiger charge is 2.14. The van der Waals surface area contributed by atoms with E-state index < -0.39 is 0 Å². The largest absolute Gasteiger partial charge is 0.437 e. The van der Waals surface area contributed by atoms with E-state index >= 15 is 0 Å². The summed E-state index contributed by atoms with van der Waals surface area (Å²) in [5.74, 6) is 0.554. The van der Waals surface area contributed by atoms with E-state index in [4.69, 9.17) is 4.74 Å². The number of alkyl halides is 1. The maximum atomic E-state index is 13.4. The van der Waals surface area contributed by atoms with Crippen molar-refractivity contribution in [1.82, 2.24) is 9.38 Å². The van der Waals surface area contributed by atoms with Crippen LogP contribution in [-0.4, -0.2) is 9.38 Å². The van der Waals surface area contributed by atoms with Crippen molar-refractivity contribution in [3.63, 3.8) is 0 Å². The van der Waals surface area contributed by atoms with Gasteiger partial charge in [0.1, 0.15) is 11.6 Å². The number of nitrogens with zero attached hydrogens (tertiary/aromatic N) is 2. The summed E-state index contributed by atoms with van der Waals surface area (Å²) < 4.78 is 21.5. The Morgan fingerprint density at radius 2 is 2.26 bits per heavy atom. The minimum Gasteiger partial charge on any atom is -0.437 e. The Labute approximate surface area is 129 Å². The minimum absolute atomic E-state index is 0.362. The van der Waals surface area contributed by atoms with E-state index in [-0.39, 0.29) is 5.82 Å². The topological polar surface area (TPSA) is 26.5 Å². The zero-order valence-electron chi connectivity index (χ0n) is 9.44. The molecule has 0 bridgehead atoms. The third-order valence-electron chi connectivity index (χ3n) is 2.56. The van der Waals surface area contributed by atoms with Crippen LogP contribution in [0.4, 0.5) is 4.39 Å². The van der Waals surface area contributed by atoms with Gasteiger partial charge >= 0.3 is 0 Å². The van der Waals surface area contributed by atoms with Crippen LogP contribution in [0, 0.1) is 5.82 Å². The molecule has 3 aromatic rings. The molecule has 0 saturated carbocycles. The molecule has 19 heavy (non-hydrogen) atoms. The molecule has 1 aromatic carbocycles. The predicted octanol–water partition coefficient (Wildman–Crippen LogP) is 4.98. The molecule has 0 atom stereocenters. The Bertz CT molecular complexity index is 740. The first-order valence-electron chi connectivity index (χ1n) is 5.32. The van der Waals surface area contributed by atoms with E-state index in [2.05, 4.69) is 36.8 Å². The molecule has 2 aromatic heterocycles. The van der Waals surface area contributed by atoms with Gasteiger partial charge in [-0.15, -0.1) is 11.3 Å². The van der Waals surface area contributed by atoms with Gasteiger partial charge in [0.05, 0.1) is 10.2 Å². The standard InChI is InChI=1S/C12H7Br2FN2OS/c13-6-10-11(16-12-17(10)3-4-19-12)18-7-1-2-8(14)9(15)5-7/h1-5H,6H2. The van der Waals surface area contributed by atoms with Crippen molar-refractivity contribution in [2.75, 3.05) is 0 Å². The summed E-state index contributed by atoms with van der Waals surface area (Å²) in [6.07, 6.45) is 1.93. The molecule has 0 spiro atoms. The fourth-order valence-corrected chi connectivity index (χ4v) is 3.15. The molecule has 3 nitrogen and oxygen atoms in total. The van der Waals surface area contributed by atoms with Crippen LogP contribution in [-0.2, 0) is 5.33 Å². The normalized spacial score (nSPS) is 11.1. The molecule has 2 heterocycles. The van der Waals surface area contributed by atoms with E-state index in [1.807, 2.05) is 16.0 Å². The van der Waals surface area contributed by atoms with Gasteiger partial charge in [-0.3, -0.25) is 4.40 Å². The highest BCUT2D eigenvalue weighted by molar-refractivity contribution is 9.10. The molecular weight excluding hydrogens is 399 g/mol. The fourth-order valence-electron chi connectivity index (χ4n) is 1.67. The second kappa shape index (κ2) is 5.22. The molecule has 7 heteroatoms. The Morgan fingerprint density at radius 1 is 1.42 bits per heavy atom. The third-order valence-corrected chi connectivity index (χ3v) is 4.49. The molecular formula is C12H7Br2FN2OS. The number of fused-ring (bicyclic) bond motifs is 1. The smallest absolute Gasteiger partial charge is 0.243 e. The number of thiazole rings is 1. The van der Waals surface area contributed by atoms with Crippen molar-refractivity contribution in [3.8, 4) is 11.6 Å². The SMILES string of the molecule is Fc1cc(Oc2nc3sccn3c2CBr)ccc1Br. The van der Waals surface area contributed by atoms with Gasteiger partial charge in [0.2, 0.25) is 5.88 Å². The van der Waals surface area contributed by atoms with Crippen LogP contribution in [0.3, 0.4) is 0 Å². The molecule has 0 radical (unpaired) electrons. The Hall–Kier alpha value is -0.920. The molecule has 0 aliphatic heterocycles. The first-order valence-corrected chi connectivity index (χ1v) is 8.11. The molecule has 98 valence electrons. The Morgan fingerprint density at radius 3 is 3.00 bits per heavy atom. The summed E-state index contributed by atoms with van der Waals surface area (Å²) in [7, 11) is 0. The lowest BCUT2D eigenvalue weighted by Gasteiger charge is -2.05. The number of ether oxygens (including phenoxy) is 1. The van der Waals surface area contributed by atoms with Crippen molar-refractivity contribution in [2.24, 2.45) is 0 Å². The summed E-state index contributed by atoms with van der Waals surface area (Å²) in [4.78, 5) is 5.24. The number of hydrogen-bond donors (Lipinski definition) is 0. The molecule has 0 fully saturated rings. The highest BCUT2D eigenvalue weighted by atomic mass is 79.9. The second-order valence-electron chi connectivity index (χ2n) is 3.73. The monoisotopic (exact) mass is 404 g/mol. The first kappa shape index (κ1) is 13.1. The average Bonchev–Trinajstić information content (AvgIpc) is 2.94. The van der Waals surface area contributed by atoms with Gasteiger partial charge in [-0.1, -0.05) is 15.9 Å². The second-order valence-corrected chi connectivity index (χ2v) is 6.02. The van der Waals surface area contributed by atoms with Gasteiger partial charge in [0, 0.05) is 23.0 Å². The van der Waals surface area contributed by atoms with Crippen molar-refractivity contribution < 1.29 is 9.13 Å². The summed E-state index contributed by atoms with van der Waals surface area (Å²) in [6, 6.07) is 4.63. The zero-order valence-corrected chi connectivity index (χ0v) is 13.4. The predicted molar refractivity (Wildman–Crippen MR) is 79.9 cm³/mol. The van der Waals surface area contributed by atoms with Gasteiger partial charge in [-0.25, -0.2) is 4.39 Å². The lowest BCUT2D eigenvalue weighted by atomic mass is 10.3. The fraction of sp³-hybridized carbons (Fsp3) is 0.0833. The van der Waals surface area contributed by atoms with Gasteiger partial charge in [0.25, 0.3) is 0 Å². The summed E-state index contributed by atoms with van der Waals surface area (Å²) >= 11 is 8.05. The van der Waals surface area contributed by atoms with Gasteiger partial charge in [-0.2, -0.15) is 4.98 Å². The van der Waals surface area contributed by atoms with Crippen molar-refractivity contribution in [2.45, 2.75) is 5.33 Å². The maximum absolute atomic E-state index is 13.4. The van der Waals surface area contributed by atoms with Crippen LogP contribution in [0.15, 0.2) is 34.2 Å². The number of halogens is 3. The molecule has 0 amide bonds. The van der Waals surface area contributed by atoms with Crippen LogP contribution in [0.1, 0.15) is 5.69 Å². The van der Waals surface area contributed by atoms with Crippen molar-refractivity contribution in [3.05, 3.63) is 45.8 Å². The Kier molecular flexibility index (Phi) is 3.60. The molecule has 0 saturated heterocycles. The number of benzene rings is 1. The number of hydrogen-bond acceptors (Lipinski definition) is 3. The van der Waals surface area contributed by atoms with E-state index in [1.165, 1.54) is 17.4 Å². The van der Waals surface area contributed by atoms with Gasteiger partial charge in [0.15, 0.2) is 4.96 Å². The van der Waals surface area contributed by atoms with Crippen molar-refractivity contribution in [1.29, 1.82) is 0 Å². The van der Waals surface area contributed by atoms with Crippen LogP contribution < -0.4 is 4.74 Å². The third kappa shape index (κ3) is 2.42. The van der Waals surface area contributed by atoms with Crippen LogP contribution >= 0.6 is 43.2 Å². The van der Waals surface area contributed by atoms with E-state index in [9.17, 15) is 4.39 Å². The molecule has 0 unspecified atom stereocenters. The summed E-state index contributed by atoms with van der Waals surface area (Å²) in [6.45, 7) is 0. The molecule has 0 aliphatic rings. The van der Waals surface area contributed by atoms with E-state index in [0.717, 1.165) is 10.7 Å². The lowest BCUT2D eigenvalue weighted by molar-refractivity contribution is 0.456. The molecule has 3 rings (SSSR count). The van der Waals surface area contributed by atoms with Crippen LogP contribution in [0.2, 0.25) is 0 Å². The van der Waals surface area contributed by atoms with E-state index in [1.54, 1.807) is 12.1 Å². The van der Waals surface area contributed by atoms with Gasteiger partial charge in [-0.05, 0) is 28.1 Å². The van der Waals surface area contributed by atoms with Gasteiger partial charge < -0.3 is 4.74 Å². The maximum Gasteiger partial charge on any atom is 0.243 e. The lowest BCUT2D eigenvalue weighted by Crippen LogP contribution is -1.91. The number of imidazole rings is 1.